The third-order valence-electron chi connectivity index (χ3n) is 1.93. The largest absolute Gasteiger partial charge is 0.302 e. The van der Waals surface area contributed by atoms with E-state index in [4.69, 9.17) is 5.26 Å². The summed E-state index contributed by atoms with van der Waals surface area (Å²) >= 11 is 0. The Morgan fingerprint density at radius 2 is 2.31 bits per heavy atom. The van der Waals surface area contributed by atoms with Gasteiger partial charge >= 0.3 is 0 Å². The van der Waals surface area contributed by atoms with Crippen LogP contribution in [0.15, 0.2) is 23.1 Å². The Bertz CT molecular complexity index is 385. The lowest BCUT2D eigenvalue weighted by atomic mass is 10.1. The molecule has 0 atom stereocenters. The molecule has 0 bridgehead atoms. The lowest BCUT2D eigenvalue weighted by Gasteiger charge is -2.05. The van der Waals surface area contributed by atoms with Gasteiger partial charge in [0.1, 0.15) is 6.54 Å². The summed E-state index contributed by atoms with van der Waals surface area (Å²) in [6.07, 6.45) is 1.67. The van der Waals surface area contributed by atoms with Crippen molar-refractivity contribution in [2.75, 3.05) is 0 Å². The molecular formula is C10H12N2O. The van der Waals surface area contributed by atoms with Gasteiger partial charge in [0.25, 0.3) is 5.56 Å². The first-order chi connectivity index (χ1) is 6.15. The Balaban J connectivity index is 3.08. The Hall–Kier alpha value is -1.56. The number of nitrogens with zero attached hydrogens (tertiary/aromatic N) is 2. The zero-order chi connectivity index (χ0) is 9.84. The second-order valence-electron chi connectivity index (χ2n) is 3.24. The van der Waals surface area contributed by atoms with Crippen LogP contribution in [-0.2, 0) is 6.54 Å². The summed E-state index contributed by atoms with van der Waals surface area (Å²) in [6.45, 7) is 4.18. The van der Waals surface area contributed by atoms with Gasteiger partial charge in [0.15, 0.2) is 0 Å². The fourth-order valence-corrected chi connectivity index (χ4v) is 1.09. The van der Waals surface area contributed by atoms with Crippen molar-refractivity contribution in [2.24, 2.45) is 0 Å². The number of rotatable bonds is 2. The maximum Gasteiger partial charge on any atom is 0.251 e. The van der Waals surface area contributed by atoms with E-state index in [1.807, 2.05) is 26.0 Å². The molecule has 0 saturated heterocycles. The predicted octanol–water partition coefficient (Wildman–Crippen LogP) is 1.50. The maximum absolute atomic E-state index is 11.3. The molecule has 0 fully saturated rings. The minimum Gasteiger partial charge on any atom is -0.302 e. The fourth-order valence-electron chi connectivity index (χ4n) is 1.09. The van der Waals surface area contributed by atoms with Crippen LogP contribution in [0.1, 0.15) is 25.3 Å². The van der Waals surface area contributed by atoms with Crippen LogP contribution in [0.4, 0.5) is 0 Å². The van der Waals surface area contributed by atoms with Crippen LogP contribution in [0.3, 0.4) is 0 Å². The minimum absolute atomic E-state index is 0.104. The molecule has 1 aromatic heterocycles. The van der Waals surface area contributed by atoms with Crippen molar-refractivity contribution in [3.63, 3.8) is 0 Å². The molecule has 0 spiro atoms. The second kappa shape index (κ2) is 3.90. The highest BCUT2D eigenvalue weighted by molar-refractivity contribution is 5.15. The molecule has 0 radical (unpaired) electrons. The van der Waals surface area contributed by atoms with Gasteiger partial charge in [0.05, 0.1) is 6.07 Å². The van der Waals surface area contributed by atoms with Crippen molar-refractivity contribution in [3.8, 4) is 6.07 Å². The molecule has 0 amide bonds. The van der Waals surface area contributed by atoms with E-state index < -0.39 is 0 Å². The maximum atomic E-state index is 11.3. The number of aromatic nitrogens is 1. The van der Waals surface area contributed by atoms with Crippen LogP contribution in [-0.4, -0.2) is 4.57 Å². The number of hydrogen-bond donors (Lipinski definition) is 0. The molecule has 68 valence electrons. The minimum atomic E-state index is -0.104. The fraction of sp³-hybridized carbons (Fsp3) is 0.400. The van der Waals surface area contributed by atoms with Gasteiger partial charge in [0.2, 0.25) is 0 Å². The van der Waals surface area contributed by atoms with E-state index in [-0.39, 0.29) is 12.1 Å². The van der Waals surface area contributed by atoms with E-state index >= 15 is 0 Å². The van der Waals surface area contributed by atoms with E-state index in [1.54, 1.807) is 12.3 Å². The smallest absolute Gasteiger partial charge is 0.251 e. The van der Waals surface area contributed by atoms with Gasteiger partial charge in [-0.2, -0.15) is 5.26 Å². The van der Waals surface area contributed by atoms with Crippen LogP contribution in [0.5, 0.6) is 0 Å². The van der Waals surface area contributed by atoms with Gasteiger partial charge in [-0.05, 0) is 17.5 Å². The summed E-state index contributed by atoms with van der Waals surface area (Å²) in [7, 11) is 0. The third kappa shape index (κ3) is 2.19. The molecule has 0 aliphatic rings. The monoisotopic (exact) mass is 176 g/mol. The first-order valence-corrected chi connectivity index (χ1v) is 4.22. The van der Waals surface area contributed by atoms with Gasteiger partial charge in [-0.3, -0.25) is 4.79 Å². The molecule has 3 heteroatoms. The van der Waals surface area contributed by atoms with Crippen LogP contribution in [0, 0.1) is 11.3 Å². The summed E-state index contributed by atoms with van der Waals surface area (Å²) in [6, 6.07) is 5.40. The lowest BCUT2D eigenvalue weighted by Crippen LogP contribution is -2.18. The Morgan fingerprint density at radius 1 is 1.62 bits per heavy atom. The highest BCUT2D eigenvalue weighted by Crippen LogP contribution is 2.10. The van der Waals surface area contributed by atoms with Crippen molar-refractivity contribution in [1.29, 1.82) is 5.26 Å². The summed E-state index contributed by atoms with van der Waals surface area (Å²) < 4.78 is 1.39. The molecule has 0 aliphatic carbocycles. The zero-order valence-corrected chi connectivity index (χ0v) is 7.82. The molecule has 13 heavy (non-hydrogen) atoms. The molecule has 0 saturated carbocycles. The summed E-state index contributed by atoms with van der Waals surface area (Å²) in [4.78, 5) is 11.3. The van der Waals surface area contributed by atoms with E-state index in [2.05, 4.69) is 0 Å². The standard InChI is InChI=1S/C10H12N2O/c1-8(2)9-3-5-12(6-4-11)10(13)7-9/h3,5,7-8H,6H2,1-2H3. The highest BCUT2D eigenvalue weighted by atomic mass is 16.1. The number of hydrogen-bond acceptors (Lipinski definition) is 2. The van der Waals surface area contributed by atoms with Gasteiger partial charge in [-0.25, -0.2) is 0 Å². The molecule has 1 aromatic rings. The van der Waals surface area contributed by atoms with Crippen LogP contribution < -0.4 is 5.56 Å². The molecule has 3 nitrogen and oxygen atoms in total. The molecule has 0 N–H and O–H groups in total. The molecule has 1 heterocycles. The zero-order valence-electron chi connectivity index (χ0n) is 7.82. The van der Waals surface area contributed by atoms with E-state index in [0.29, 0.717) is 5.92 Å². The van der Waals surface area contributed by atoms with Crippen LogP contribution in [0.2, 0.25) is 0 Å². The number of nitriles is 1. The normalized spacial score (nSPS) is 10.0. The second-order valence-corrected chi connectivity index (χ2v) is 3.24. The lowest BCUT2D eigenvalue weighted by molar-refractivity contribution is 0.768. The van der Waals surface area contributed by atoms with E-state index in [9.17, 15) is 4.79 Å². The third-order valence-corrected chi connectivity index (χ3v) is 1.93. The summed E-state index contributed by atoms with van der Waals surface area (Å²) in [5, 5.41) is 8.41. The molecular weight excluding hydrogens is 164 g/mol. The van der Waals surface area contributed by atoms with Crippen molar-refractivity contribution >= 4 is 0 Å². The van der Waals surface area contributed by atoms with Crippen molar-refractivity contribution in [1.82, 2.24) is 4.57 Å². The van der Waals surface area contributed by atoms with Gasteiger partial charge < -0.3 is 4.57 Å². The quantitative estimate of drug-likeness (QED) is 0.685. The van der Waals surface area contributed by atoms with Crippen molar-refractivity contribution in [2.45, 2.75) is 26.3 Å². The summed E-state index contributed by atoms with van der Waals surface area (Å²) in [5.41, 5.74) is 0.909. The average Bonchev–Trinajstić information content (AvgIpc) is 2.08. The summed E-state index contributed by atoms with van der Waals surface area (Å²) in [5.74, 6) is 0.351. The van der Waals surface area contributed by atoms with Crippen molar-refractivity contribution < 1.29 is 0 Å². The highest BCUT2D eigenvalue weighted by Gasteiger charge is 2.01. The van der Waals surface area contributed by atoms with Crippen LogP contribution >= 0.6 is 0 Å². The Kier molecular flexibility index (Phi) is 2.86. The first-order valence-electron chi connectivity index (χ1n) is 4.22. The number of pyridine rings is 1. The van der Waals surface area contributed by atoms with Gasteiger partial charge in [-0.1, -0.05) is 13.8 Å². The van der Waals surface area contributed by atoms with Gasteiger partial charge in [0, 0.05) is 12.3 Å². The van der Waals surface area contributed by atoms with Crippen molar-refractivity contribution in [3.05, 3.63) is 34.2 Å². The van der Waals surface area contributed by atoms with E-state index in [1.165, 1.54) is 4.57 Å². The van der Waals surface area contributed by atoms with E-state index in [0.717, 1.165) is 5.56 Å². The first kappa shape index (κ1) is 9.53. The van der Waals surface area contributed by atoms with Crippen LogP contribution in [0.25, 0.3) is 0 Å². The topological polar surface area (TPSA) is 45.8 Å². The Labute approximate surface area is 77.2 Å². The average molecular weight is 176 g/mol. The van der Waals surface area contributed by atoms with Gasteiger partial charge in [-0.15, -0.1) is 0 Å². The molecule has 0 aromatic carbocycles. The molecule has 0 unspecified atom stereocenters. The SMILES string of the molecule is CC(C)c1ccn(CC#N)c(=O)c1. The predicted molar refractivity (Wildman–Crippen MR) is 50.4 cm³/mol. The molecule has 0 aliphatic heterocycles. The molecule has 1 rings (SSSR count). The Morgan fingerprint density at radius 3 is 2.77 bits per heavy atom.